The fourth-order valence-corrected chi connectivity index (χ4v) is 3.30. The first-order valence-corrected chi connectivity index (χ1v) is 7.11. The van der Waals surface area contributed by atoms with Gasteiger partial charge in [0.25, 0.3) is 0 Å². The number of carbonyl (C=O) groups is 2. The molecule has 1 aliphatic carbocycles. The predicted molar refractivity (Wildman–Crippen MR) is 69.6 cm³/mol. The van der Waals surface area contributed by atoms with E-state index >= 15 is 0 Å². The Morgan fingerprint density at radius 1 is 1.22 bits per heavy atom. The van der Waals surface area contributed by atoms with E-state index in [1.165, 1.54) is 4.90 Å². The predicted octanol–water partition coefficient (Wildman–Crippen LogP) is 1.53. The molecule has 1 heterocycles. The number of likely N-dealkylation sites (tertiary alicyclic amines) is 1. The van der Waals surface area contributed by atoms with Crippen molar-refractivity contribution >= 4 is 11.8 Å². The van der Waals surface area contributed by atoms with Crippen molar-refractivity contribution in [3.63, 3.8) is 0 Å². The van der Waals surface area contributed by atoms with E-state index in [9.17, 15) is 9.59 Å². The van der Waals surface area contributed by atoms with Gasteiger partial charge in [-0.15, -0.1) is 0 Å². The van der Waals surface area contributed by atoms with Crippen LogP contribution in [0.4, 0.5) is 0 Å². The number of nitrogens with two attached hydrogens (primary N) is 1. The maximum absolute atomic E-state index is 12.2. The first-order valence-electron chi connectivity index (χ1n) is 7.11. The molecule has 1 aliphatic heterocycles. The van der Waals surface area contributed by atoms with Crippen molar-refractivity contribution in [1.29, 1.82) is 0 Å². The topological polar surface area (TPSA) is 63.4 Å². The lowest BCUT2D eigenvalue weighted by molar-refractivity contribution is -0.140. The number of fused-ring (bicyclic) bond motifs is 1. The molecular formula is C14H24N2O2. The van der Waals surface area contributed by atoms with Gasteiger partial charge in [0.2, 0.25) is 11.8 Å². The van der Waals surface area contributed by atoms with Crippen molar-refractivity contribution in [3.8, 4) is 0 Å². The minimum Gasteiger partial charge on any atom is -0.328 e. The lowest BCUT2D eigenvalue weighted by Gasteiger charge is -2.16. The molecule has 2 rings (SSSR count). The van der Waals surface area contributed by atoms with E-state index in [2.05, 4.69) is 6.92 Å². The Morgan fingerprint density at radius 2 is 1.78 bits per heavy atom. The Kier molecular flexibility index (Phi) is 4.05. The molecule has 3 atom stereocenters. The summed E-state index contributed by atoms with van der Waals surface area (Å²) in [6.45, 7) is 4.70. The van der Waals surface area contributed by atoms with Crippen LogP contribution in [0.3, 0.4) is 0 Å². The number of hydrogen-bond donors (Lipinski definition) is 1. The quantitative estimate of drug-likeness (QED) is 0.596. The van der Waals surface area contributed by atoms with Gasteiger partial charge in [0, 0.05) is 12.6 Å². The third-order valence-corrected chi connectivity index (χ3v) is 4.26. The van der Waals surface area contributed by atoms with Gasteiger partial charge in [-0.3, -0.25) is 14.5 Å². The monoisotopic (exact) mass is 252 g/mol. The van der Waals surface area contributed by atoms with Crippen molar-refractivity contribution in [1.82, 2.24) is 4.90 Å². The first-order chi connectivity index (χ1) is 8.50. The Bertz CT molecular complexity index is 317. The zero-order chi connectivity index (χ0) is 13.3. The van der Waals surface area contributed by atoms with Crippen LogP contribution in [0, 0.1) is 17.8 Å². The first kappa shape index (κ1) is 13.5. The summed E-state index contributed by atoms with van der Waals surface area (Å²) >= 11 is 0. The van der Waals surface area contributed by atoms with E-state index < -0.39 is 0 Å². The third-order valence-electron chi connectivity index (χ3n) is 4.26. The molecule has 2 amide bonds. The second-order valence-electron chi connectivity index (χ2n) is 6.09. The van der Waals surface area contributed by atoms with Gasteiger partial charge in [-0.1, -0.05) is 13.3 Å². The normalized spacial score (nSPS) is 33.1. The summed E-state index contributed by atoms with van der Waals surface area (Å²) < 4.78 is 0. The summed E-state index contributed by atoms with van der Waals surface area (Å²) in [4.78, 5) is 25.8. The molecule has 3 unspecified atom stereocenters. The number of hydrogen-bond acceptors (Lipinski definition) is 3. The lowest BCUT2D eigenvalue weighted by Crippen LogP contribution is -2.33. The van der Waals surface area contributed by atoms with Gasteiger partial charge in [-0.25, -0.2) is 0 Å². The van der Waals surface area contributed by atoms with Crippen LogP contribution >= 0.6 is 0 Å². The van der Waals surface area contributed by atoms with Gasteiger partial charge < -0.3 is 5.73 Å². The highest BCUT2D eigenvalue weighted by molar-refractivity contribution is 6.05. The number of unbranched alkanes of at least 4 members (excludes halogenated alkanes) is 1. The number of carbonyl (C=O) groups excluding carboxylic acids is 2. The minimum atomic E-state index is -0.0130. The van der Waals surface area contributed by atoms with Crippen LogP contribution in [0.5, 0.6) is 0 Å². The van der Waals surface area contributed by atoms with E-state index in [1.807, 2.05) is 6.92 Å². The number of imide groups is 1. The molecule has 18 heavy (non-hydrogen) atoms. The van der Waals surface area contributed by atoms with Crippen LogP contribution < -0.4 is 5.73 Å². The van der Waals surface area contributed by atoms with E-state index in [-0.39, 0.29) is 29.7 Å². The SMILES string of the molecule is CC(N)CCCCN1C(=O)C2CC(C)CC2C1=O. The Labute approximate surface area is 109 Å². The molecule has 1 saturated heterocycles. The molecule has 0 bridgehead atoms. The molecule has 2 fully saturated rings. The number of nitrogens with zero attached hydrogens (tertiary/aromatic N) is 1. The molecule has 4 nitrogen and oxygen atoms in total. The standard InChI is InChI=1S/C14H24N2O2/c1-9-7-11-12(8-9)14(18)16(13(11)17)6-4-3-5-10(2)15/h9-12H,3-8,15H2,1-2H3. The summed E-state index contributed by atoms with van der Waals surface area (Å²) in [7, 11) is 0. The van der Waals surface area contributed by atoms with Crippen LogP contribution in [-0.2, 0) is 9.59 Å². The van der Waals surface area contributed by atoms with E-state index in [0.717, 1.165) is 32.1 Å². The molecule has 0 spiro atoms. The summed E-state index contributed by atoms with van der Waals surface area (Å²) in [5.41, 5.74) is 5.68. The third kappa shape index (κ3) is 2.58. The lowest BCUT2D eigenvalue weighted by atomic mass is 10.00. The average molecular weight is 252 g/mol. The molecule has 102 valence electrons. The van der Waals surface area contributed by atoms with Crippen molar-refractivity contribution in [3.05, 3.63) is 0 Å². The summed E-state index contributed by atoms with van der Waals surface area (Å²) in [5.74, 6) is 0.653. The van der Waals surface area contributed by atoms with Gasteiger partial charge >= 0.3 is 0 Å². The second-order valence-corrected chi connectivity index (χ2v) is 6.09. The minimum absolute atomic E-state index is 0.0130. The van der Waals surface area contributed by atoms with Gasteiger partial charge in [0.1, 0.15) is 0 Å². The highest BCUT2D eigenvalue weighted by atomic mass is 16.2. The second kappa shape index (κ2) is 5.39. The molecule has 0 radical (unpaired) electrons. The molecule has 0 aromatic rings. The number of rotatable bonds is 5. The molecule has 4 heteroatoms. The molecule has 2 N–H and O–H groups in total. The molecule has 0 aromatic heterocycles. The van der Waals surface area contributed by atoms with Gasteiger partial charge in [0.15, 0.2) is 0 Å². The van der Waals surface area contributed by atoms with Crippen molar-refractivity contribution < 1.29 is 9.59 Å². The summed E-state index contributed by atoms with van der Waals surface area (Å²) in [5, 5.41) is 0. The van der Waals surface area contributed by atoms with Crippen LogP contribution in [0.15, 0.2) is 0 Å². The van der Waals surface area contributed by atoms with E-state index in [1.54, 1.807) is 0 Å². The average Bonchev–Trinajstić information content (AvgIpc) is 2.77. The largest absolute Gasteiger partial charge is 0.328 e. The van der Waals surface area contributed by atoms with Gasteiger partial charge in [0.05, 0.1) is 11.8 Å². The van der Waals surface area contributed by atoms with Crippen molar-refractivity contribution in [2.75, 3.05) is 6.54 Å². The van der Waals surface area contributed by atoms with Crippen LogP contribution in [-0.4, -0.2) is 29.3 Å². The van der Waals surface area contributed by atoms with E-state index in [4.69, 9.17) is 5.73 Å². The van der Waals surface area contributed by atoms with Crippen LogP contribution in [0.25, 0.3) is 0 Å². The fraction of sp³-hybridized carbons (Fsp3) is 0.857. The Morgan fingerprint density at radius 3 is 2.28 bits per heavy atom. The highest BCUT2D eigenvalue weighted by Crippen LogP contribution is 2.42. The maximum Gasteiger partial charge on any atom is 0.233 e. The van der Waals surface area contributed by atoms with Gasteiger partial charge in [-0.2, -0.15) is 0 Å². The fourth-order valence-electron chi connectivity index (χ4n) is 3.30. The number of amides is 2. The Balaban J connectivity index is 1.84. The van der Waals surface area contributed by atoms with Crippen LogP contribution in [0.2, 0.25) is 0 Å². The molecule has 1 saturated carbocycles. The summed E-state index contributed by atoms with van der Waals surface area (Å²) in [6.07, 6.45) is 4.62. The summed E-state index contributed by atoms with van der Waals surface area (Å²) in [6, 6.07) is 0.204. The molecule has 2 aliphatic rings. The van der Waals surface area contributed by atoms with E-state index in [0.29, 0.717) is 12.5 Å². The van der Waals surface area contributed by atoms with Crippen molar-refractivity contribution in [2.24, 2.45) is 23.5 Å². The van der Waals surface area contributed by atoms with Gasteiger partial charge in [-0.05, 0) is 38.5 Å². The zero-order valence-electron chi connectivity index (χ0n) is 11.4. The molecular weight excluding hydrogens is 228 g/mol. The van der Waals surface area contributed by atoms with Crippen LogP contribution in [0.1, 0.15) is 46.0 Å². The highest BCUT2D eigenvalue weighted by Gasteiger charge is 2.51. The maximum atomic E-state index is 12.2. The molecule has 0 aromatic carbocycles. The smallest absolute Gasteiger partial charge is 0.233 e. The van der Waals surface area contributed by atoms with Crippen molar-refractivity contribution in [2.45, 2.75) is 52.0 Å². The zero-order valence-corrected chi connectivity index (χ0v) is 11.4. The Hall–Kier alpha value is -0.900.